The Morgan fingerprint density at radius 3 is 1.85 bits per heavy atom. The van der Waals surface area contributed by atoms with E-state index in [1.165, 1.54) is 22.5 Å². The second-order valence-electron chi connectivity index (χ2n) is 10.8. The van der Waals surface area contributed by atoms with Crippen LogP contribution in [0.3, 0.4) is 0 Å². The van der Waals surface area contributed by atoms with Crippen LogP contribution < -0.4 is 30.3 Å². The number of fused-ring (bicyclic) bond motifs is 2. The Balaban J connectivity index is 0.000000207. The molecule has 3 N–H and O–H groups in total. The number of nitrogens with one attached hydrogen (secondary N) is 1. The number of hydrogen-bond acceptors (Lipinski definition) is 6. The molecule has 2 fully saturated rings. The standard InChI is InChI=1S/C16H22N2O2.C14H20N2O.2CH4/c1-3-13-9-14-15(5-4-6-16(14)20-13)18-8-7-12(10-18)17-11(2)19;1-2-11-8-12-13(4-3-5-14(12)17-11)16-7-6-10(15)9-16;;/h4-6,12-13H,3,7-10H2,1-2H3,(H,17,19);3-5,10-11H,2,6-9,15H2,1H3;2*1H4/t12-,13?;10-,11?;;/m00../s1. The molecule has 2 saturated heterocycles. The first kappa shape index (κ1) is 30.6. The number of nitrogens with zero attached hydrogens (tertiary/aromatic N) is 2. The Kier molecular flexibility index (Phi) is 10.5. The average molecular weight is 539 g/mol. The van der Waals surface area contributed by atoms with Crippen molar-refractivity contribution < 1.29 is 14.3 Å². The zero-order valence-corrected chi connectivity index (χ0v) is 22.5. The SMILES string of the molecule is C.C.CCC1Cc2c(cccc2N2CC[C@H](N)C2)O1.CCC1Cc2c(cccc2N2CC[C@H](NC(C)=O)C2)O1. The molecule has 0 aliphatic carbocycles. The molecule has 0 spiro atoms. The summed E-state index contributed by atoms with van der Waals surface area (Å²) in [6.07, 6.45) is 6.97. The third-order valence-electron chi connectivity index (χ3n) is 8.08. The van der Waals surface area contributed by atoms with E-state index in [1.54, 1.807) is 6.92 Å². The number of carbonyl (C=O) groups excluding carboxylic acids is 1. The fraction of sp³-hybridized carbons (Fsp3) is 0.594. The minimum atomic E-state index is 0. The molecular weight excluding hydrogens is 488 g/mol. The normalized spacial score (nSPS) is 24.3. The number of benzene rings is 2. The Morgan fingerprint density at radius 1 is 0.872 bits per heavy atom. The molecule has 0 saturated carbocycles. The second-order valence-corrected chi connectivity index (χ2v) is 10.8. The van der Waals surface area contributed by atoms with Crippen molar-refractivity contribution in [1.29, 1.82) is 0 Å². The molecule has 0 radical (unpaired) electrons. The van der Waals surface area contributed by atoms with Gasteiger partial charge >= 0.3 is 0 Å². The third kappa shape index (κ3) is 6.81. The number of carbonyl (C=O) groups is 1. The van der Waals surface area contributed by atoms with Gasteiger partial charge in [0.05, 0.1) is 0 Å². The highest BCUT2D eigenvalue weighted by Gasteiger charge is 2.30. The average Bonchev–Trinajstić information content (AvgIpc) is 3.68. The van der Waals surface area contributed by atoms with E-state index in [9.17, 15) is 4.79 Å². The van der Waals surface area contributed by atoms with Crippen molar-refractivity contribution in [2.75, 3.05) is 36.0 Å². The van der Waals surface area contributed by atoms with Gasteiger partial charge in [0.2, 0.25) is 5.91 Å². The number of rotatable bonds is 5. The zero-order chi connectivity index (χ0) is 25.9. The summed E-state index contributed by atoms with van der Waals surface area (Å²) in [5, 5.41) is 3.02. The molecule has 216 valence electrons. The predicted octanol–water partition coefficient (Wildman–Crippen LogP) is 5.32. The van der Waals surface area contributed by atoms with Gasteiger partial charge in [0.25, 0.3) is 0 Å². The van der Waals surface area contributed by atoms with Gasteiger partial charge in [-0.2, -0.15) is 0 Å². The summed E-state index contributed by atoms with van der Waals surface area (Å²) >= 11 is 0. The summed E-state index contributed by atoms with van der Waals surface area (Å²) in [5.74, 6) is 2.18. The van der Waals surface area contributed by atoms with E-state index < -0.39 is 0 Å². The van der Waals surface area contributed by atoms with Gasteiger partial charge in [-0.25, -0.2) is 0 Å². The molecule has 2 aromatic rings. The molecule has 4 aliphatic rings. The van der Waals surface area contributed by atoms with Crippen LogP contribution in [0.15, 0.2) is 36.4 Å². The van der Waals surface area contributed by atoms with E-state index in [0.717, 1.165) is 76.2 Å². The zero-order valence-electron chi connectivity index (χ0n) is 22.5. The summed E-state index contributed by atoms with van der Waals surface area (Å²) in [6.45, 7) is 9.89. The molecule has 4 heterocycles. The quantitative estimate of drug-likeness (QED) is 0.536. The lowest BCUT2D eigenvalue weighted by Crippen LogP contribution is -2.35. The summed E-state index contributed by atoms with van der Waals surface area (Å²) < 4.78 is 11.9. The minimum Gasteiger partial charge on any atom is -0.490 e. The molecule has 4 aliphatic heterocycles. The maximum absolute atomic E-state index is 11.2. The van der Waals surface area contributed by atoms with Crippen molar-refractivity contribution in [3.05, 3.63) is 47.5 Å². The van der Waals surface area contributed by atoms with Crippen molar-refractivity contribution in [3.63, 3.8) is 0 Å². The molecule has 0 aromatic heterocycles. The maximum Gasteiger partial charge on any atom is 0.217 e. The van der Waals surface area contributed by atoms with E-state index in [4.69, 9.17) is 15.2 Å². The number of amides is 1. The van der Waals surface area contributed by atoms with Gasteiger partial charge in [0.1, 0.15) is 23.7 Å². The van der Waals surface area contributed by atoms with Crippen LogP contribution in [0.2, 0.25) is 0 Å². The first-order valence-corrected chi connectivity index (χ1v) is 14.0. The van der Waals surface area contributed by atoms with Gasteiger partial charge in [-0.05, 0) is 49.9 Å². The fourth-order valence-electron chi connectivity index (χ4n) is 6.08. The first-order chi connectivity index (χ1) is 17.9. The van der Waals surface area contributed by atoms with Gasteiger partial charge in [0.15, 0.2) is 0 Å². The lowest BCUT2D eigenvalue weighted by atomic mass is 10.1. The van der Waals surface area contributed by atoms with Crippen LogP contribution >= 0.6 is 0 Å². The smallest absolute Gasteiger partial charge is 0.217 e. The molecule has 2 aromatic carbocycles. The van der Waals surface area contributed by atoms with Crippen LogP contribution in [0.4, 0.5) is 11.4 Å². The van der Waals surface area contributed by atoms with Crippen molar-refractivity contribution in [2.45, 2.75) is 98.4 Å². The number of anilines is 2. The molecule has 2 unspecified atom stereocenters. The van der Waals surface area contributed by atoms with Crippen molar-refractivity contribution in [2.24, 2.45) is 5.73 Å². The summed E-state index contributed by atoms with van der Waals surface area (Å²) in [4.78, 5) is 15.9. The molecule has 7 heteroatoms. The van der Waals surface area contributed by atoms with E-state index in [0.29, 0.717) is 18.2 Å². The number of nitrogens with two attached hydrogens (primary N) is 1. The van der Waals surface area contributed by atoms with Crippen LogP contribution in [0, 0.1) is 0 Å². The highest BCUT2D eigenvalue weighted by molar-refractivity contribution is 5.73. The van der Waals surface area contributed by atoms with E-state index in [-0.39, 0.29) is 26.8 Å². The van der Waals surface area contributed by atoms with Gasteiger partial charge in [-0.1, -0.05) is 40.8 Å². The highest BCUT2D eigenvalue weighted by atomic mass is 16.5. The number of hydrogen-bond donors (Lipinski definition) is 2. The van der Waals surface area contributed by atoms with E-state index >= 15 is 0 Å². The third-order valence-corrected chi connectivity index (χ3v) is 8.08. The van der Waals surface area contributed by atoms with Crippen LogP contribution in [0.1, 0.15) is 72.4 Å². The van der Waals surface area contributed by atoms with Gasteiger partial charge < -0.3 is 30.3 Å². The monoisotopic (exact) mass is 538 g/mol. The second kappa shape index (κ2) is 13.4. The van der Waals surface area contributed by atoms with Gasteiger partial charge in [0, 0.05) is 80.5 Å². The minimum absolute atomic E-state index is 0. The van der Waals surface area contributed by atoms with E-state index in [1.807, 2.05) is 0 Å². The van der Waals surface area contributed by atoms with Gasteiger partial charge in [-0.3, -0.25) is 4.79 Å². The van der Waals surface area contributed by atoms with E-state index in [2.05, 4.69) is 65.4 Å². The van der Waals surface area contributed by atoms with Crippen LogP contribution in [0.25, 0.3) is 0 Å². The molecular formula is C32H50N4O3. The molecule has 7 nitrogen and oxygen atoms in total. The Labute approximate surface area is 236 Å². The maximum atomic E-state index is 11.2. The number of ether oxygens (including phenoxy) is 2. The molecule has 6 rings (SSSR count). The molecule has 4 atom stereocenters. The predicted molar refractivity (Wildman–Crippen MR) is 162 cm³/mol. The summed E-state index contributed by atoms with van der Waals surface area (Å²) in [7, 11) is 0. The lowest BCUT2D eigenvalue weighted by molar-refractivity contribution is -0.119. The molecule has 0 bridgehead atoms. The van der Waals surface area contributed by atoms with Gasteiger partial charge in [-0.15, -0.1) is 0 Å². The Morgan fingerprint density at radius 2 is 1.38 bits per heavy atom. The van der Waals surface area contributed by atoms with Crippen molar-refractivity contribution in [3.8, 4) is 11.5 Å². The summed E-state index contributed by atoms with van der Waals surface area (Å²) in [5.41, 5.74) is 11.3. The lowest BCUT2D eigenvalue weighted by Gasteiger charge is -2.21. The van der Waals surface area contributed by atoms with Crippen LogP contribution in [0.5, 0.6) is 11.5 Å². The van der Waals surface area contributed by atoms with Crippen molar-refractivity contribution >= 4 is 17.3 Å². The largest absolute Gasteiger partial charge is 0.490 e. The first-order valence-electron chi connectivity index (χ1n) is 14.0. The molecule has 39 heavy (non-hydrogen) atoms. The summed E-state index contributed by atoms with van der Waals surface area (Å²) in [6, 6.07) is 13.3. The van der Waals surface area contributed by atoms with Crippen LogP contribution in [-0.2, 0) is 17.6 Å². The van der Waals surface area contributed by atoms with Crippen LogP contribution in [-0.4, -0.2) is 56.4 Å². The topological polar surface area (TPSA) is 80.1 Å². The highest BCUT2D eigenvalue weighted by Crippen LogP contribution is 2.39. The van der Waals surface area contributed by atoms with Crippen molar-refractivity contribution in [1.82, 2.24) is 5.32 Å². The Bertz CT molecular complexity index is 1110. The fourth-order valence-corrected chi connectivity index (χ4v) is 6.08. The molecule has 1 amide bonds. The Hall–Kier alpha value is -2.93.